The lowest BCUT2D eigenvalue weighted by Crippen LogP contribution is -2.40. The van der Waals surface area contributed by atoms with Gasteiger partial charge in [0.25, 0.3) is 6.47 Å². The van der Waals surface area contributed by atoms with E-state index in [2.05, 4.69) is 10.5 Å². The van der Waals surface area contributed by atoms with E-state index in [1.165, 1.54) is 17.0 Å². The number of likely N-dealkylation sites (tertiary alicyclic amines) is 1. The first-order valence-corrected chi connectivity index (χ1v) is 14.2. The van der Waals surface area contributed by atoms with E-state index in [0.717, 1.165) is 11.6 Å². The molecule has 2 atom stereocenters. The summed E-state index contributed by atoms with van der Waals surface area (Å²) in [5, 5.41) is 13.7. The molecule has 2 aliphatic heterocycles. The van der Waals surface area contributed by atoms with Crippen LogP contribution in [0.3, 0.4) is 0 Å². The van der Waals surface area contributed by atoms with Gasteiger partial charge < -0.3 is 29.5 Å². The molecule has 1 aromatic heterocycles. The summed E-state index contributed by atoms with van der Waals surface area (Å²) in [6.45, 7) is 3.34. The second-order valence-electron chi connectivity index (χ2n) is 10.6. The third-order valence-corrected chi connectivity index (χ3v) is 7.56. The summed E-state index contributed by atoms with van der Waals surface area (Å²) in [5.41, 5.74) is 1.51. The summed E-state index contributed by atoms with van der Waals surface area (Å²) in [4.78, 5) is 51.1. The topological polar surface area (TPSA) is 142 Å². The number of rotatable bonds is 4. The van der Waals surface area contributed by atoms with Crippen molar-refractivity contribution in [3.05, 3.63) is 82.7 Å². The molecule has 1 saturated heterocycles. The van der Waals surface area contributed by atoms with Crippen molar-refractivity contribution in [1.82, 2.24) is 20.3 Å². The summed E-state index contributed by atoms with van der Waals surface area (Å²) < 4.78 is 39.1. The minimum absolute atomic E-state index is 0.0224. The van der Waals surface area contributed by atoms with E-state index in [9.17, 15) is 23.2 Å². The lowest BCUT2D eigenvalue weighted by atomic mass is 9.88. The van der Waals surface area contributed by atoms with E-state index >= 15 is 0 Å². The Labute approximate surface area is 252 Å². The van der Waals surface area contributed by atoms with Gasteiger partial charge in [0.05, 0.1) is 31.0 Å². The molecule has 0 aliphatic carbocycles. The molecule has 0 spiro atoms. The molecular formula is C31H34F2N4O7. The lowest BCUT2D eigenvalue weighted by Gasteiger charge is -2.24. The van der Waals surface area contributed by atoms with Crippen LogP contribution in [0.15, 0.2) is 53.1 Å². The molecule has 5 rings (SSSR count). The van der Waals surface area contributed by atoms with E-state index in [0.29, 0.717) is 43.3 Å². The third kappa shape index (κ3) is 8.17. The molecule has 3 amide bonds. The molecular weight excluding hydrogens is 578 g/mol. The number of halogens is 2. The van der Waals surface area contributed by atoms with Gasteiger partial charge in [0.2, 0.25) is 17.7 Å². The molecule has 11 nitrogen and oxygen atoms in total. The van der Waals surface area contributed by atoms with E-state index in [4.69, 9.17) is 19.2 Å². The molecule has 44 heavy (non-hydrogen) atoms. The van der Waals surface area contributed by atoms with Crippen LogP contribution < -0.4 is 10.1 Å². The number of aryl methyl sites for hydroxylation is 1. The summed E-state index contributed by atoms with van der Waals surface area (Å²) >= 11 is 0. The van der Waals surface area contributed by atoms with Crippen LogP contribution in [0, 0.1) is 24.5 Å². The number of aromatic nitrogens is 1. The maximum absolute atomic E-state index is 14.2. The smallest absolute Gasteiger partial charge is 0.290 e. The van der Waals surface area contributed by atoms with Crippen LogP contribution >= 0.6 is 0 Å². The number of carbonyl (C=O) groups is 4. The number of carbonyl (C=O) groups excluding carboxylic acids is 3. The van der Waals surface area contributed by atoms with Crippen LogP contribution in [0.5, 0.6) is 5.75 Å². The van der Waals surface area contributed by atoms with Crippen molar-refractivity contribution in [3.63, 3.8) is 0 Å². The Kier molecular flexibility index (Phi) is 11.0. The quantitative estimate of drug-likeness (QED) is 0.429. The zero-order valence-electron chi connectivity index (χ0n) is 24.2. The monoisotopic (exact) mass is 612 g/mol. The number of hydrogen-bond donors (Lipinski definition) is 2. The Balaban J connectivity index is 0.00000141. The van der Waals surface area contributed by atoms with Gasteiger partial charge in [-0.25, -0.2) is 8.78 Å². The number of amides is 3. The predicted octanol–water partition coefficient (Wildman–Crippen LogP) is 2.72. The zero-order valence-corrected chi connectivity index (χ0v) is 24.2. The lowest BCUT2D eigenvalue weighted by molar-refractivity contribution is -0.131. The summed E-state index contributed by atoms with van der Waals surface area (Å²) in [6.07, 6.45) is 0.304. The molecule has 234 valence electrons. The van der Waals surface area contributed by atoms with Gasteiger partial charge in [-0.05, 0) is 37.1 Å². The average molecular weight is 613 g/mol. The largest absolute Gasteiger partial charge is 0.492 e. The first kappa shape index (κ1) is 32.1. The van der Waals surface area contributed by atoms with Crippen molar-refractivity contribution in [2.24, 2.45) is 5.92 Å². The van der Waals surface area contributed by atoms with Crippen LogP contribution in [0.2, 0.25) is 0 Å². The van der Waals surface area contributed by atoms with Gasteiger partial charge in [-0.3, -0.25) is 19.2 Å². The number of fused-ring (bicyclic) bond motifs is 4. The minimum Gasteiger partial charge on any atom is -0.492 e. The Hall–Kier alpha value is -4.81. The van der Waals surface area contributed by atoms with Crippen molar-refractivity contribution >= 4 is 24.2 Å². The molecule has 13 heteroatoms. The summed E-state index contributed by atoms with van der Waals surface area (Å²) in [7, 11) is 0. The Morgan fingerprint density at radius 1 is 1.05 bits per heavy atom. The fourth-order valence-corrected chi connectivity index (χ4v) is 5.41. The van der Waals surface area contributed by atoms with Gasteiger partial charge in [0.1, 0.15) is 18.1 Å². The minimum atomic E-state index is -1.04. The van der Waals surface area contributed by atoms with Crippen molar-refractivity contribution in [1.29, 1.82) is 0 Å². The standard InChI is InChI=1S/C30H32F2N4O5.CH2O2/c1-19-13-23(41-34-19)16-28(38)35-10-4-9-33-30(39)25-18-36(27(37)15-21-6-3-8-26(31)29(21)32)17-24(25)20-5-2-7-22(14-20)40-12-11-35;2-1-3/h2-3,5-8,13-14,24-25H,4,9-12,15-18H2,1H3,(H,33,39);1H,(H,2,3)/t24-,25+;/m1./s1. The zero-order chi connectivity index (χ0) is 31.6. The van der Waals surface area contributed by atoms with Gasteiger partial charge in [-0.2, -0.15) is 0 Å². The second kappa shape index (κ2) is 15.1. The van der Waals surface area contributed by atoms with Gasteiger partial charge >= 0.3 is 0 Å². The first-order chi connectivity index (χ1) is 21.2. The molecule has 0 radical (unpaired) electrons. The van der Waals surface area contributed by atoms with Crippen molar-refractivity contribution in [3.8, 4) is 5.75 Å². The van der Waals surface area contributed by atoms with E-state index in [-0.39, 0.29) is 68.2 Å². The number of hydrogen-bond acceptors (Lipinski definition) is 7. The molecule has 0 unspecified atom stereocenters. The van der Waals surface area contributed by atoms with Crippen molar-refractivity contribution in [2.45, 2.75) is 32.1 Å². The SMILES string of the molecule is Cc1cc(CC(=O)N2CCCNC(=O)[C@H]3CN(C(=O)Cc4cccc(F)c4F)C[C@@H]3c3cccc(c3)OCC2)on1.O=CO. The first-order valence-electron chi connectivity index (χ1n) is 14.2. The fraction of sp³-hybridized carbons (Fsp3) is 0.387. The third-order valence-electron chi connectivity index (χ3n) is 7.56. The van der Waals surface area contributed by atoms with Crippen LogP contribution in [0.4, 0.5) is 8.78 Å². The molecule has 2 aliphatic rings. The molecule has 2 bridgehead atoms. The predicted molar refractivity (Wildman–Crippen MR) is 153 cm³/mol. The Bertz CT molecular complexity index is 1480. The normalized spacial score (nSPS) is 18.6. The van der Waals surface area contributed by atoms with Crippen molar-refractivity contribution < 1.29 is 42.3 Å². The highest BCUT2D eigenvalue weighted by molar-refractivity contribution is 5.84. The second-order valence-corrected chi connectivity index (χ2v) is 10.6. The average Bonchev–Trinajstić information content (AvgIpc) is 3.63. The number of carboxylic acid groups (broad SMARTS) is 1. The van der Waals surface area contributed by atoms with Crippen LogP contribution in [0.1, 0.15) is 34.9 Å². The molecule has 3 heterocycles. The molecule has 2 N–H and O–H groups in total. The van der Waals surface area contributed by atoms with Crippen LogP contribution in [-0.4, -0.2) is 83.6 Å². The number of ether oxygens (including phenoxy) is 1. The Morgan fingerprint density at radius 2 is 1.77 bits per heavy atom. The highest BCUT2D eigenvalue weighted by atomic mass is 19.2. The highest BCUT2D eigenvalue weighted by Crippen LogP contribution is 2.35. The molecule has 2 aromatic carbocycles. The highest BCUT2D eigenvalue weighted by Gasteiger charge is 2.40. The summed E-state index contributed by atoms with van der Waals surface area (Å²) in [5.74, 6) is -2.52. The van der Waals surface area contributed by atoms with E-state index < -0.39 is 17.6 Å². The molecule has 3 aromatic rings. The number of benzene rings is 2. The van der Waals surface area contributed by atoms with E-state index in [1.807, 2.05) is 18.2 Å². The molecule has 0 saturated carbocycles. The van der Waals surface area contributed by atoms with Crippen molar-refractivity contribution in [2.75, 3.05) is 39.3 Å². The van der Waals surface area contributed by atoms with Gasteiger partial charge in [0, 0.05) is 43.7 Å². The van der Waals surface area contributed by atoms with Crippen LogP contribution in [0.25, 0.3) is 0 Å². The molecule has 1 fully saturated rings. The Morgan fingerprint density at radius 3 is 2.52 bits per heavy atom. The number of nitrogens with one attached hydrogen (secondary N) is 1. The maximum atomic E-state index is 14.2. The maximum Gasteiger partial charge on any atom is 0.290 e. The van der Waals surface area contributed by atoms with E-state index in [1.54, 1.807) is 24.0 Å². The van der Waals surface area contributed by atoms with Gasteiger partial charge in [-0.15, -0.1) is 0 Å². The number of nitrogens with zero attached hydrogens (tertiary/aromatic N) is 3. The van der Waals surface area contributed by atoms with Gasteiger partial charge in [0.15, 0.2) is 11.6 Å². The van der Waals surface area contributed by atoms with Gasteiger partial charge in [-0.1, -0.05) is 29.4 Å². The fourth-order valence-electron chi connectivity index (χ4n) is 5.41. The van der Waals surface area contributed by atoms with Crippen LogP contribution in [-0.2, 0) is 32.0 Å². The summed E-state index contributed by atoms with van der Waals surface area (Å²) in [6, 6.07) is 12.9.